The van der Waals surface area contributed by atoms with E-state index in [4.69, 9.17) is 25.5 Å². The lowest BCUT2D eigenvalue weighted by molar-refractivity contribution is -0.131. The molecule has 2 aromatic carbocycles. The third-order valence-electron chi connectivity index (χ3n) is 3.71. The van der Waals surface area contributed by atoms with Crippen molar-refractivity contribution in [3.8, 4) is 28.7 Å². The summed E-state index contributed by atoms with van der Waals surface area (Å²) in [5.74, 6) is -0.836. The molecule has 0 unspecified atom stereocenters. The van der Waals surface area contributed by atoms with Crippen LogP contribution >= 0.6 is 23.4 Å². The van der Waals surface area contributed by atoms with E-state index in [0.29, 0.717) is 16.1 Å². The van der Waals surface area contributed by atoms with E-state index in [1.165, 1.54) is 32.4 Å². The molecule has 1 aromatic heterocycles. The molecule has 0 atom stereocenters. The molecule has 0 fully saturated rings. The summed E-state index contributed by atoms with van der Waals surface area (Å²) in [7, 11) is 2.76. The van der Waals surface area contributed by atoms with E-state index in [9.17, 15) is 15.0 Å². The van der Waals surface area contributed by atoms with E-state index in [-0.39, 0.29) is 33.3 Å². The smallest absolute Gasteiger partial charge is 0.342 e. The average molecular weight is 435 g/mol. The number of rotatable bonds is 7. The summed E-state index contributed by atoms with van der Waals surface area (Å²) in [6, 6.07) is 9.76. The monoisotopic (exact) mass is 434 g/mol. The predicted molar refractivity (Wildman–Crippen MR) is 107 cm³/mol. The third-order valence-corrected chi connectivity index (χ3v) is 4.81. The predicted octanol–water partition coefficient (Wildman–Crippen LogP) is 4.33. The van der Waals surface area contributed by atoms with E-state index < -0.39 is 5.97 Å². The van der Waals surface area contributed by atoms with Gasteiger partial charge in [-0.2, -0.15) is 0 Å². The average Bonchev–Trinajstić information content (AvgIpc) is 3.17. The normalized spacial score (nSPS) is 11.3. The van der Waals surface area contributed by atoms with Gasteiger partial charge in [0.15, 0.2) is 11.5 Å². The van der Waals surface area contributed by atoms with Crippen LogP contribution in [0.15, 0.2) is 50.9 Å². The number of hydrogen-bond acceptors (Lipinski definition) is 8. The van der Waals surface area contributed by atoms with E-state index in [2.05, 4.69) is 10.2 Å². The zero-order chi connectivity index (χ0) is 21.0. The van der Waals surface area contributed by atoms with Gasteiger partial charge in [0.2, 0.25) is 11.6 Å². The molecule has 0 aliphatic carbocycles. The summed E-state index contributed by atoms with van der Waals surface area (Å²) in [5, 5.41) is 28.0. The Balaban J connectivity index is 1.90. The van der Waals surface area contributed by atoms with Gasteiger partial charge in [0, 0.05) is 10.6 Å². The molecule has 0 aliphatic heterocycles. The minimum atomic E-state index is -1.19. The molecule has 2 N–H and O–H groups in total. The Labute approximate surface area is 174 Å². The van der Waals surface area contributed by atoms with Gasteiger partial charge in [-0.3, -0.25) is 0 Å². The number of ether oxygens (including phenoxy) is 2. The Morgan fingerprint density at radius 1 is 1.14 bits per heavy atom. The lowest BCUT2D eigenvalue weighted by atomic mass is 10.1. The first-order valence-corrected chi connectivity index (χ1v) is 9.28. The fourth-order valence-corrected chi connectivity index (χ4v) is 3.14. The first-order valence-electron chi connectivity index (χ1n) is 8.08. The number of carboxylic acid groups (broad SMARTS) is 1. The summed E-state index contributed by atoms with van der Waals surface area (Å²) >= 11 is 6.65. The maximum absolute atomic E-state index is 11.7. The van der Waals surface area contributed by atoms with Crippen LogP contribution in [-0.2, 0) is 4.79 Å². The van der Waals surface area contributed by atoms with Crippen LogP contribution in [0, 0.1) is 0 Å². The fraction of sp³-hybridized carbons (Fsp3) is 0.105. The number of carboxylic acids is 1. The second kappa shape index (κ2) is 8.89. The van der Waals surface area contributed by atoms with Crippen molar-refractivity contribution in [2.45, 2.75) is 5.22 Å². The second-order valence-electron chi connectivity index (χ2n) is 5.57. The van der Waals surface area contributed by atoms with Crippen LogP contribution in [0.4, 0.5) is 0 Å². The zero-order valence-corrected chi connectivity index (χ0v) is 16.8. The van der Waals surface area contributed by atoms with Gasteiger partial charge in [-0.05, 0) is 59.8 Å². The molecule has 10 heteroatoms. The summed E-state index contributed by atoms with van der Waals surface area (Å²) in [6.45, 7) is 0. The first-order chi connectivity index (χ1) is 13.9. The summed E-state index contributed by atoms with van der Waals surface area (Å²) in [6.07, 6.45) is 1.38. The molecule has 8 nitrogen and oxygen atoms in total. The minimum absolute atomic E-state index is 0.0568. The second-order valence-corrected chi connectivity index (χ2v) is 7.00. The number of methoxy groups -OCH3 is 2. The van der Waals surface area contributed by atoms with Crippen molar-refractivity contribution < 1.29 is 28.9 Å². The van der Waals surface area contributed by atoms with Crippen molar-refractivity contribution >= 4 is 35.4 Å². The van der Waals surface area contributed by atoms with Crippen LogP contribution < -0.4 is 9.47 Å². The highest BCUT2D eigenvalue weighted by atomic mass is 35.5. The lowest BCUT2D eigenvalue weighted by Gasteiger charge is -2.09. The Bertz CT molecular complexity index is 1040. The van der Waals surface area contributed by atoms with Crippen molar-refractivity contribution in [3.05, 3.63) is 51.9 Å². The molecular formula is C19H15ClN2O6S. The number of aromatic hydroxyl groups is 1. The Morgan fingerprint density at radius 2 is 1.76 bits per heavy atom. The van der Waals surface area contributed by atoms with Gasteiger partial charge in [-0.15, -0.1) is 10.2 Å². The molecule has 0 aliphatic rings. The number of carbonyl (C=O) groups is 1. The van der Waals surface area contributed by atoms with Crippen LogP contribution in [-0.4, -0.2) is 40.6 Å². The van der Waals surface area contributed by atoms with E-state index in [1.807, 2.05) is 0 Å². The van der Waals surface area contributed by atoms with E-state index in [1.54, 1.807) is 24.3 Å². The molecule has 3 rings (SSSR count). The molecule has 0 saturated heterocycles. The zero-order valence-electron chi connectivity index (χ0n) is 15.2. The quantitative estimate of drug-likeness (QED) is 0.414. The number of aromatic nitrogens is 2. The fourth-order valence-electron chi connectivity index (χ4n) is 2.34. The molecule has 29 heavy (non-hydrogen) atoms. The van der Waals surface area contributed by atoms with Crippen LogP contribution in [0.25, 0.3) is 17.5 Å². The van der Waals surface area contributed by atoms with Crippen LogP contribution in [0.3, 0.4) is 0 Å². The van der Waals surface area contributed by atoms with Crippen molar-refractivity contribution in [1.29, 1.82) is 0 Å². The summed E-state index contributed by atoms with van der Waals surface area (Å²) < 4.78 is 15.7. The largest absolute Gasteiger partial charge is 0.502 e. The molecule has 0 saturated carbocycles. The topological polar surface area (TPSA) is 115 Å². The number of phenolic OH excluding ortho intramolecular Hbond substituents is 1. The molecular weight excluding hydrogens is 420 g/mol. The maximum atomic E-state index is 11.7. The summed E-state index contributed by atoms with van der Waals surface area (Å²) in [5.41, 5.74) is 1.10. The highest BCUT2D eigenvalue weighted by Gasteiger charge is 2.17. The van der Waals surface area contributed by atoms with E-state index in [0.717, 1.165) is 11.8 Å². The number of phenols is 1. The van der Waals surface area contributed by atoms with Gasteiger partial charge in [-0.1, -0.05) is 11.6 Å². The van der Waals surface area contributed by atoms with Crippen molar-refractivity contribution in [2.24, 2.45) is 0 Å². The van der Waals surface area contributed by atoms with Crippen molar-refractivity contribution in [2.75, 3.05) is 14.2 Å². The number of nitrogens with zero attached hydrogens (tertiary/aromatic N) is 2. The summed E-state index contributed by atoms with van der Waals surface area (Å²) in [4.78, 5) is 11.6. The standard InChI is InChI=1S/C19H15ClN2O6S/c1-26-13-7-10(8-14(27-2)16(13)23)9-15(18(24)25)29-19-22-21-17(28-19)11-3-5-12(20)6-4-11/h3-9,23H,1-2H3,(H,24,25)/b15-9-. The number of benzene rings is 2. The number of hydrogen-bond donors (Lipinski definition) is 2. The molecule has 0 amide bonds. The van der Waals surface area contributed by atoms with Crippen molar-refractivity contribution in [3.63, 3.8) is 0 Å². The molecule has 1 heterocycles. The molecule has 0 bridgehead atoms. The van der Waals surface area contributed by atoms with Gasteiger partial charge in [0.1, 0.15) is 4.91 Å². The number of aliphatic carboxylic acids is 1. The minimum Gasteiger partial charge on any atom is -0.502 e. The SMILES string of the molecule is COc1cc(/C=C(\Sc2nnc(-c3ccc(Cl)cc3)o2)C(=O)O)cc(OC)c1O. The lowest BCUT2D eigenvalue weighted by Crippen LogP contribution is -1.97. The van der Waals surface area contributed by atoms with Crippen molar-refractivity contribution in [1.82, 2.24) is 10.2 Å². The van der Waals surface area contributed by atoms with Gasteiger partial charge >= 0.3 is 5.97 Å². The van der Waals surface area contributed by atoms with Gasteiger partial charge < -0.3 is 24.1 Å². The van der Waals surface area contributed by atoms with Crippen LogP contribution in [0.5, 0.6) is 17.2 Å². The van der Waals surface area contributed by atoms with Gasteiger partial charge in [-0.25, -0.2) is 4.79 Å². The van der Waals surface area contributed by atoms with Gasteiger partial charge in [0.25, 0.3) is 5.22 Å². The number of halogens is 1. The van der Waals surface area contributed by atoms with Gasteiger partial charge in [0.05, 0.1) is 14.2 Å². The molecule has 0 radical (unpaired) electrons. The van der Waals surface area contributed by atoms with Crippen LogP contribution in [0.2, 0.25) is 5.02 Å². The molecule has 3 aromatic rings. The molecule has 150 valence electrons. The highest BCUT2D eigenvalue weighted by molar-refractivity contribution is 8.03. The highest BCUT2D eigenvalue weighted by Crippen LogP contribution is 2.38. The van der Waals surface area contributed by atoms with Crippen LogP contribution in [0.1, 0.15) is 5.56 Å². The third kappa shape index (κ3) is 4.82. The first kappa shape index (κ1) is 20.6. The Morgan fingerprint density at radius 3 is 2.31 bits per heavy atom. The Hall–Kier alpha value is -3.17. The molecule has 0 spiro atoms. The number of thioether (sulfide) groups is 1. The Kier molecular flexibility index (Phi) is 6.30. The van der Waals surface area contributed by atoms with E-state index >= 15 is 0 Å². The maximum Gasteiger partial charge on any atom is 0.342 e.